The fourth-order valence-electron chi connectivity index (χ4n) is 1.29. The molecule has 19 heavy (non-hydrogen) atoms. The van der Waals surface area contributed by atoms with Crippen LogP contribution in [0, 0.1) is 10.1 Å². The van der Waals surface area contributed by atoms with Crippen LogP contribution in [0.25, 0.3) is 0 Å². The van der Waals surface area contributed by atoms with Gasteiger partial charge in [-0.2, -0.15) is 0 Å². The minimum atomic E-state index is -0.634. The van der Waals surface area contributed by atoms with Crippen molar-refractivity contribution in [3.63, 3.8) is 0 Å². The first-order chi connectivity index (χ1) is 8.97. The molecular weight excluding hydrogens is 384 g/mol. The quantitative estimate of drug-likeness (QED) is 0.484. The van der Waals surface area contributed by atoms with Gasteiger partial charge < -0.3 is 9.52 Å². The number of aromatic hydroxyl groups is 1. The summed E-state index contributed by atoms with van der Waals surface area (Å²) in [6.45, 7) is 0. The van der Waals surface area contributed by atoms with E-state index in [1.165, 1.54) is 18.3 Å². The molecule has 0 saturated carbocycles. The highest BCUT2D eigenvalue weighted by Gasteiger charge is 2.11. The van der Waals surface area contributed by atoms with E-state index in [0.717, 1.165) is 4.47 Å². The van der Waals surface area contributed by atoms with Crippen molar-refractivity contribution in [2.45, 2.75) is 0 Å². The molecule has 0 radical (unpaired) electrons. The fraction of sp³-hybridized carbons (Fsp3) is 0. The summed E-state index contributed by atoms with van der Waals surface area (Å²) in [4.78, 5) is 13.8. The number of hydrogen-bond acceptors (Lipinski definition) is 5. The van der Waals surface area contributed by atoms with E-state index in [1.807, 2.05) is 0 Å². The Morgan fingerprint density at radius 1 is 1.37 bits per heavy atom. The van der Waals surface area contributed by atoms with Gasteiger partial charge in [-0.3, -0.25) is 10.1 Å². The lowest BCUT2D eigenvalue weighted by molar-refractivity contribution is -0.402. The third-order valence-electron chi connectivity index (χ3n) is 2.13. The molecule has 1 aromatic carbocycles. The molecule has 1 heterocycles. The Morgan fingerprint density at radius 2 is 2.11 bits per heavy atom. The van der Waals surface area contributed by atoms with Crippen molar-refractivity contribution < 1.29 is 14.4 Å². The highest BCUT2D eigenvalue weighted by atomic mass is 79.9. The first kappa shape index (κ1) is 13.8. The van der Waals surface area contributed by atoms with Crippen molar-refractivity contribution in [2.75, 3.05) is 0 Å². The highest BCUT2D eigenvalue weighted by molar-refractivity contribution is 9.11. The number of furan rings is 1. The van der Waals surface area contributed by atoms with Gasteiger partial charge in [0.15, 0.2) is 11.5 Å². The topological polar surface area (TPSA) is 88.9 Å². The van der Waals surface area contributed by atoms with Crippen LogP contribution in [0.4, 0.5) is 11.6 Å². The zero-order valence-corrected chi connectivity index (χ0v) is 12.4. The standard InChI is InChI=1S/C11H6Br2N2O4/c12-6-3-8(13)11(16)9(4-6)14-5-7-1-2-10(19-7)15(17)18/h1-5,16H. The first-order valence-electron chi connectivity index (χ1n) is 4.93. The lowest BCUT2D eigenvalue weighted by Crippen LogP contribution is -1.83. The summed E-state index contributed by atoms with van der Waals surface area (Å²) in [6, 6.07) is 5.93. The van der Waals surface area contributed by atoms with Gasteiger partial charge in [-0.1, -0.05) is 15.9 Å². The van der Waals surface area contributed by atoms with E-state index in [1.54, 1.807) is 12.1 Å². The molecule has 2 aromatic rings. The van der Waals surface area contributed by atoms with E-state index in [4.69, 9.17) is 4.42 Å². The minimum Gasteiger partial charge on any atom is -0.505 e. The van der Waals surface area contributed by atoms with Crippen molar-refractivity contribution in [2.24, 2.45) is 4.99 Å². The number of halogens is 2. The lowest BCUT2D eigenvalue weighted by Gasteiger charge is -2.01. The van der Waals surface area contributed by atoms with Crippen LogP contribution in [0.2, 0.25) is 0 Å². The summed E-state index contributed by atoms with van der Waals surface area (Å²) in [5.74, 6) is -0.163. The van der Waals surface area contributed by atoms with Crippen molar-refractivity contribution in [3.05, 3.63) is 49.1 Å². The van der Waals surface area contributed by atoms with Gasteiger partial charge in [0.25, 0.3) is 0 Å². The molecule has 0 saturated heterocycles. The highest BCUT2D eigenvalue weighted by Crippen LogP contribution is 2.37. The third kappa shape index (κ3) is 3.21. The van der Waals surface area contributed by atoms with E-state index >= 15 is 0 Å². The van der Waals surface area contributed by atoms with Gasteiger partial charge in [0, 0.05) is 4.47 Å². The van der Waals surface area contributed by atoms with Gasteiger partial charge in [-0.05, 0) is 34.1 Å². The SMILES string of the molecule is O=[N+]([O-])c1ccc(C=Nc2cc(Br)cc(Br)c2O)o1. The molecule has 6 nitrogen and oxygen atoms in total. The van der Waals surface area contributed by atoms with Crippen LogP contribution in [0.3, 0.4) is 0 Å². The Kier molecular flexibility index (Phi) is 4.01. The molecule has 0 aliphatic heterocycles. The van der Waals surface area contributed by atoms with Gasteiger partial charge >= 0.3 is 5.88 Å². The summed E-state index contributed by atoms with van der Waals surface area (Å²) >= 11 is 6.45. The van der Waals surface area contributed by atoms with Gasteiger partial charge in [0.1, 0.15) is 10.6 Å². The van der Waals surface area contributed by atoms with Crippen LogP contribution in [-0.4, -0.2) is 16.2 Å². The lowest BCUT2D eigenvalue weighted by atomic mass is 10.3. The minimum absolute atomic E-state index is 0.0273. The van der Waals surface area contributed by atoms with E-state index in [-0.39, 0.29) is 17.4 Å². The number of phenols is 1. The summed E-state index contributed by atoms with van der Waals surface area (Å²) in [7, 11) is 0. The average Bonchev–Trinajstić information content (AvgIpc) is 2.81. The maximum Gasteiger partial charge on any atom is 0.433 e. The molecule has 0 bridgehead atoms. The summed E-state index contributed by atoms with van der Waals surface area (Å²) in [6.07, 6.45) is 1.29. The van der Waals surface area contributed by atoms with Gasteiger partial charge in [-0.15, -0.1) is 0 Å². The molecule has 0 spiro atoms. The molecule has 1 N–H and O–H groups in total. The van der Waals surface area contributed by atoms with Crippen molar-refractivity contribution >= 4 is 49.6 Å². The van der Waals surface area contributed by atoms with Crippen LogP contribution >= 0.6 is 31.9 Å². The van der Waals surface area contributed by atoms with E-state index in [2.05, 4.69) is 36.9 Å². The smallest absolute Gasteiger partial charge is 0.433 e. The zero-order valence-electron chi connectivity index (χ0n) is 9.21. The summed E-state index contributed by atoms with van der Waals surface area (Å²) in [5, 5.41) is 20.2. The number of phenolic OH excluding ortho intramolecular Hbond substituents is 1. The molecule has 0 aliphatic carbocycles. The van der Waals surface area contributed by atoms with E-state index in [9.17, 15) is 15.2 Å². The van der Waals surface area contributed by atoms with Crippen molar-refractivity contribution in [1.82, 2.24) is 0 Å². The number of hydrogen-bond donors (Lipinski definition) is 1. The number of benzene rings is 1. The van der Waals surface area contributed by atoms with Crippen molar-refractivity contribution in [1.29, 1.82) is 0 Å². The zero-order chi connectivity index (χ0) is 14.0. The fourth-order valence-corrected chi connectivity index (χ4v) is 2.50. The monoisotopic (exact) mass is 388 g/mol. The Hall–Kier alpha value is -1.67. The molecule has 0 unspecified atom stereocenters. The largest absolute Gasteiger partial charge is 0.505 e. The van der Waals surface area contributed by atoms with Crippen LogP contribution < -0.4 is 0 Å². The molecule has 0 aliphatic rings. The maximum atomic E-state index is 10.4. The second-order valence-electron chi connectivity index (χ2n) is 3.45. The van der Waals surface area contributed by atoms with E-state index < -0.39 is 4.92 Å². The number of nitro groups is 1. The average molecular weight is 390 g/mol. The number of nitrogens with zero attached hydrogens (tertiary/aromatic N) is 2. The molecule has 0 fully saturated rings. The second kappa shape index (κ2) is 5.54. The van der Waals surface area contributed by atoms with Gasteiger partial charge in [0.2, 0.25) is 0 Å². The van der Waals surface area contributed by atoms with Crippen LogP contribution in [-0.2, 0) is 0 Å². The predicted octanol–water partition coefficient (Wildman–Crippen LogP) is 4.17. The normalized spacial score (nSPS) is 11.1. The molecule has 1 aromatic heterocycles. The Morgan fingerprint density at radius 3 is 2.74 bits per heavy atom. The molecule has 0 atom stereocenters. The maximum absolute atomic E-state index is 10.4. The predicted molar refractivity (Wildman–Crippen MR) is 76.1 cm³/mol. The summed E-state index contributed by atoms with van der Waals surface area (Å²) < 4.78 is 6.13. The number of rotatable bonds is 3. The summed E-state index contributed by atoms with van der Waals surface area (Å²) in [5.41, 5.74) is 0.306. The molecule has 2 rings (SSSR count). The van der Waals surface area contributed by atoms with Gasteiger partial charge in [-0.25, -0.2) is 4.99 Å². The van der Waals surface area contributed by atoms with Crippen LogP contribution in [0.15, 0.2) is 42.6 Å². The Labute approximate surface area is 124 Å². The van der Waals surface area contributed by atoms with Gasteiger partial charge in [0.05, 0.1) is 16.8 Å². The first-order valence-corrected chi connectivity index (χ1v) is 6.52. The van der Waals surface area contributed by atoms with E-state index in [0.29, 0.717) is 10.2 Å². The molecule has 98 valence electrons. The Bertz CT molecular complexity index is 667. The molecular formula is C11H6Br2N2O4. The second-order valence-corrected chi connectivity index (χ2v) is 5.22. The Balaban J connectivity index is 2.29. The molecule has 8 heteroatoms. The third-order valence-corrected chi connectivity index (χ3v) is 3.19. The number of aliphatic imine (C=N–C) groups is 1. The van der Waals surface area contributed by atoms with Crippen molar-refractivity contribution in [3.8, 4) is 5.75 Å². The van der Waals surface area contributed by atoms with Crippen LogP contribution in [0.5, 0.6) is 5.75 Å². The molecule has 0 amide bonds. The van der Waals surface area contributed by atoms with Crippen LogP contribution in [0.1, 0.15) is 5.76 Å².